The van der Waals surface area contributed by atoms with E-state index in [0.717, 1.165) is 30.3 Å². The number of carbonyl (C=O) groups is 2. The molecule has 6 nitrogen and oxygen atoms in total. The van der Waals surface area contributed by atoms with Crippen molar-refractivity contribution in [2.75, 3.05) is 23.8 Å². The van der Waals surface area contributed by atoms with Crippen LogP contribution in [0, 0.1) is 23.3 Å². The average molecular weight is 446 g/mol. The van der Waals surface area contributed by atoms with Crippen molar-refractivity contribution in [3.05, 3.63) is 77.6 Å². The van der Waals surface area contributed by atoms with Gasteiger partial charge in [0.1, 0.15) is 23.3 Å². The molecule has 0 saturated carbocycles. The molecule has 0 aliphatic heterocycles. The fourth-order valence-electron chi connectivity index (χ4n) is 3.08. The summed E-state index contributed by atoms with van der Waals surface area (Å²) in [6.07, 6.45) is 2.67. The van der Waals surface area contributed by atoms with E-state index in [0.29, 0.717) is 0 Å². The van der Waals surface area contributed by atoms with Gasteiger partial charge in [0.05, 0.1) is 34.3 Å². The van der Waals surface area contributed by atoms with Crippen LogP contribution in [-0.4, -0.2) is 30.4 Å². The lowest BCUT2D eigenvalue weighted by molar-refractivity contribution is -0.118. The molecule has 0 radical (unpaired) electrons. The minimum atomic E-state index is -1.44. The first kappa shape index (κ1) is 22.9. The number of halogens is 4. The topological polar surface area (TPSA) is 88.3 Å². The monoisotopic (exact) mass is 446 g/mol. The Bertz CT molecular complexity index is 1170. The van der Waals surface area contributed by atoms with E-state index in [1.54, 1.807) is 0 Å². The lowest BCUT2D eigenvalue weighted by atomic mass is 9.99. The summed E-state index contributed by atoms with van der Waals surface area (Å²) in [6, 6.07) is 5.78. The van der Waals surface area contributed by atoms with Gasteiger partial charge in [-0.2, -0.15) is 0 Å². The summed E-state index contributed by atoms with van der Waals surface area (Å²) in [6.45, 7) is 0.117. The molecule has 0 atom stereocenters. The third-order valence-corrected chi connectivity index (χ3v) is 4.69. The molecule has 0 bridgehead atoms. The molecule has 0 aliphatic carbocycles. The Balaban J connectivity index is 2.00. The van der Waals surface area contributed by atoms with Crippen LogP contribution in [0.3, 0.4) is 0 Å². The number of rotatable bonds is 6. The molecule has 1 aromatic heterocycles. The Kier molecular flexibility index (Phi) is 6.84. The van der Waals surface area contributed by atoms with Gasteiger partial charge in [0.15, 0.2) is 0 Å². The lowest BCUT2D eigenvalue weighted by Crippen LogP contribution is -2.29. The Morgan fingerprint density at radius 3 is 2.31 bits per heavy atom. The summed E-state index contributed by atoms with van der Waals surface area (Å²) in [5, 5.41) is 2.40. The average Bonchev–Trinajstić information content (AvgIpc) is 2.75. The summed E-state index contributed by atoms with van der Waals surface area (Å²) in [5.74, 6) is -6.42. The highest BCUT2D eigenvalue weighted by Crippen LogP contribution is 2.33. The van der Waals surface area contributed by atoms with E-state index in [2.05, 4.69) is 10.3 Å². The van der Waals surface area contributed by atoms with E-state index in [4.69, 9.17) is 5.73 Å². The van der Waals surface area contributed by atoms with Gasteiger partial charge in [-0.3, -0.25) is 14.6 Å². The second-order valence-corrected chi connectivity index (χ2v) is 6.72. The molecule has 0 unspecified atom stereocenters. The summed E-state index contributed by atoms with van der Waals surface area (Å²) in [5.41, 5.74) is 3.13. The number of hydrogen-bond acceptors (Lipinski definition) is 4. The molecule has 2 aromatic carbocycles. The smallest absolute Gasteiger partial charge is 0.258 e. The third kappa shape index (κ3) is 4.45. The van der Waals surface area contributed by atoms with Crippen LogP contribution in [0.5, 0.6) is 0 Å². The first-order chi connectivity index (χ1) is 15.3. The van der Waals surface area contributed by atoms with Crippen molar-refractivity contribution in [2.24, 2.45) is 5.73 Å². The second-order valence-electron chi connectivity index (χ2n) is 6.72. The zero-order chi connectivity index (χ0) is 23.4. The Labute approximate surface area is 180 Å². The van der Waals surface area contributed by atoms with Crippen molar-refractivity contribution in [1.82, 2.24) is 4.98 Å². The predicted octanol–water partition coefficient (Wildman–Crippen LogP) is 3.87. The number of carbonyl (C=O) groups excluding carboxylic acids is 2. The van der Waals surface area contributed by atoms with Crippen LogP contribution in [0.1, 0.15) is 16.8 Å². The Hall–Kier alpha value is -3.79. The van der Waals surface area contributed by atoms with Crippen molar-refractivity contribution < 1.29 is 27.2 Å². The zero-order valence-electron chi connectivity index (χ0n) is 16.8. The first-order valence-corrected chi connectivity index (χ1v) is 9.40. The fourth-order valence-corrected chi connectivity index (χ4v) is 3.08. The van der Waals surface area contributed by atoms with Crippen LogP contribution < -0.4 is 16.0 Å². The van der Waals surface area contributed by atoms with Crippen molar-refractivity contribution in [2.45, 2.75) is 6.42 Å². The quantitative estimate of drug-likeness (QED) is 0.563. The maximum Gasteiger partial charge on any atom is 0.258 e. The Morgan fingerprint density at radius 2 is 1.66 bits per heavy atom. The molecule has 2 amide bonds. The molecule has 166 valence electrons. The summed E-state index contributed by atoms with van der Waals surface area (Å²) >= 11 is 0. The molecule has 0 aliphatic rings. The molecular weight excluding hydrogens is 428 g/mol. The molecule has 0 fully saturated rings. The number of pyridine rings is 1. The van der Waals surface area contributed by atoms with Gasteiger partial charge >= 0.3 is 0 Å². The van der Waals surface area contributed by atoms with Crippen LogP contribution in [0.4, 0.5) is 28.9 Å². The number of nitrogens with one attached hydrogen (secondary N) is 1. The summed E-state index contributed by atoms with van der Waals surface area (Å²) < 4.78 is 57.7. The van der Waals surface area contributed by atoms with E-state index in [-0.39, 0.29) is 30.2 Å². The van der Waals surface area contributed by atoms with Gasteiger partial charge in [-0.15, -0.1) is 0 Å². The van der Waals surface area contributed by atoms with Gasteiger partial charge in [-0.25, -0.2) is 17.6 Å². The van der Waals surface area contributed by atoms with Crippen molar-refractivity contribution in [3.8, 4) is 11.1 Å². The second kappa shape index (κ2) is 9.56. The largest absolute Gasteiger partial charge is 0.330 e. The first-order valence-electron chi connectivity index (χ1n) is 9.40. The van der Waals surface area contributed by atoms with Crippen molar-refractivity contribution in [3.63, 3.8) is 0 Å². The molecule has 0 saturated heterocycles. The van der Waals surface area contributed by atoms with Gasteiger partial charge in [0.2, 0.25) is 5.91 Å². The van der Waals surface area contributed by atoms with Crippen LogP contribution in [0.2, 0.25) is 0 Å². The number of benzene rings is 2. The number of nitrogens with zero attached hydrogens (tertiary/aromatic N) is 2. The van der Waals surface area contributed by atoms with Crippen molar-refractivity contribution >= 4 is 23.2 Å². The summed E-state index contributed by atoms with van der Waals surface area (Å²) in [4.78, 5) is 30.0. The van der Waals surface area contributed by atoms with Gasteiger partial charge in [0.25, 0.3) is 5.91 Å². The number of aromatic nitrogens is 1. The third-order valence-electron chi connectivity index (χ3n) is 4.69. The summed E-state index contributed by atoms with van der Waals surface area (Å²) in [7, 11) is 1.46. The highest BCUT2D eigenvalue weighted by molar-refractivity contribution is 6.08. The number of nitrogens with two attached hydrogens (primary N) is 1. The number of hydrogen-bond donors (Lipinski definition) is 2. The molecule has 3 rings (SSSR count). The standard InChI is InChI=1S/C22H18F4N4O2/c1-30(18(31)7-9-27)17-8-10-28-11-16(17)29-22(32)12-5-6-15(25)20(21(12)26)19-13(23)3-2-4-14(19)24/h2-6,8,10-11H,7,9,27H2,1H3,(H,29,32). The van der Waals surface area contributed by atoms with Gasteiger partial charge in [-0.05, 0) is 30.3 Å². The minimum absolute atomic E-state index is 0.0519. The normalized spacial score (nSPS) is 10.7. The zero-order valence-corrected chi connectivity index (χ0v) is 16.8. The lowest BCUT2D eigenvalue weighted by Gasteiger charge is -2.20. The fraction of sp³-hybridized carbons (Fsp3) is 0.136. The molecule has 32 heavy (non-hydrogen) atoms. The molecule has 1 heterocycles. The van der Waals surface area contributed by atoms with E-state index in [9.17, 15) is 22.8 Å². The number of amides is 2. The highest BCUT2D eigenvalue weighted by atomic mass is 19.1. The SMILES string of the molecule is CN(C(=O)CCN)c1ccncc1NC(=O)c1ccc(F)c(-c2c(F)cccc2F)c1F. The van der Waals surface area contributed by atoms with Crippen LogP contribution >= 0.6 is 0 Å². The van der Waals surface area contributed by atoms with Crippen LogP contribution in [0.25, 0.3) is 11.1 Å². The predicted molar refractivity (Wildman–Crippen MR) is 111 cm³/mol. The van der Waals surface area contributed by atoms with Crippen molar-refractivity contribution in [1.29, 1.82) is 0 Å². The maximum absolute atomic E-state index is 15.1. The number of anilines is 2. The maximum atomic E-state index is 15.1. The van der Waals surface area contributed by atoms with E-state index >= 15 is 4.39 Å². The molecular formula is C22H18F4N4O2. The highest BCUT2D eigenvalue weighted by Gasteiger charge is 2.25. The molecule has 0 spiro atoms. The van der Waals surface area contributed by atoms with E-state index in [1.165, 1.54) is 30.4 Å². The van der Waals surface area contributed by atoms with Gasteiger partial charge in [-0.1, -0.05) is 6.07 Å². The van der Waals surface area contributed by atoms with Gasteiger partial charge in [0, 0.05) is 26.2 Å². The van der Waals surface area contributed by atoms with Crippen LogP contribution in [-0.2, 0) is 4.79 Å². The Morgan fingerprint density at radius 1 is 1.00 bits per heavy atom. The van der Waals surface area contributed by atoms with Crippen LogP contribution in [0.15, 0.2) is 48.8 Å². The van der Waals surface area contributed by atoms with E-state index in [1.807, 2.05) is 0 Å². The van der Waals surface area contributed by atoms with Gasteiger partial charge < -0.3 is 16.0 Å². The molecule has 3 aromatic rings. The molecule has 3 N–H and O–H groups in total. The molecule has 10 heteroatoms. The minimum Gasteiger partial charge on any atom is -0.330 e. The van der Waals surface area contributed by atoms with E-state index < -0.39 is 45.9 Å².